The largest absolute Gasteiger partial charge is 0.378 e. The highest BCUT2D eigenvalue weighted by atomic mass is 32.1. The fourth-order valence-electron chi connectivity index (χ4n) is 2.36. The topological polar surface area (TPSA) is 54.5 Å². The van der Waals surface area contributed by atoms with Crippen LogP contribution in [0.25, 0.3) is 0 Å². The molecular weight excluding hydrogens is 286 g/mol. The van der Waals surface area contributed by atoms with Crippen LogP contribution in [-0.4, -0.2) is 37.2 Å². The first-order chi connectivity index (χ1) is 10.3. The summed E-state index contributed by atoms with van der Waals surface area (Å²) in [5.74, 6) is -0.101. The summed E-state index contributed by atoms with van der Waals surface area (Å²) in [5.41, 5.74) is 4.33. The van der Waals surface area contributed by atoms with E-state index in [0.29, 0.717) is 4.88 Å². The van der Waals surface area contributed by atoms with Crippen molar-refractivity contribution in [2.45, 2.75) is 6.92 Å². The van der Waals surface area contributed by atoms with Gasteiger partial charge in [0.25, 0.3) is 5.91 Å². The Morgan fingerprint density at radius 1 is 1.33 bits per heavy atom. The maximum absolute atomic E-state index is 12.3. The first kappa shape index (κ1) is 14.0. The smallest absolute Gasteiger partial charge is 0.267 e. The van der Waals surface area contributed by atoms with Crippen LogP contribution in [0.4, 0.5) is 11.4 Å². The molecule has 6 heteroatoms. The van der Waals surface area contributed by atoms with E-state index in [4.69, 9.17) is 4.74 Å². The monoisotopic (exact) mass is 303 g/mol. The second kappa shape index (κ2) is 6.24. The minimum atomic E-state index is -0.101. The van der Waals surface area contributed by atoms with Gasteiger partial charge < -0.3 is 15.0 Å². The Morgan fingerprint density at radius 3 is 2.81 bits per heavy atom. The molecule has 2 heterocycles. The Bertz CT molecular complexity index is 635. The van der Waals surface area contributed by atoms with Crippen molar-refractivity contribution >= 4 is 28.6 Å². The van der Waals surface area contributed by atoms with Crippen molar-refractivity contribution in [2.24, 2.45) is 0 Å². The summed E-state index contributed by atoms with van der Waals surface area (Å²) in [6.07, 6.45) is 0. The maximum atomic E-state index is 12.3. The number of nitrogens with zero attached hydrogens (tertiary/aromatic N) is 2. The molecule has 0 radical (unpaired) electrons. The third kappa shape index (κ3) is 3.06. The van der Waals surface area contributed by atoms with E-state index in [-0.39, 0.29) is 5.91 Å². The number of carbonyl (C=O) groups excluding carboxylic acids is 1. The molecule has 1 aromatic heterocycles. The van der Waals surface area contributed by atoms with Gasteiger partial charge in [0.05, 0.1) is 35.8 Å². The van der Waals surface area contributed by atoms with Crippen LogP contribution in [0, 0.1) is 6.92 Å². The third-order valence-electron chi connectivity index (χ3n) is 3.46. The third-order valence-corrected chi connectivity index (χ3v) is 4.38. The summed E-state index contributed by atoms with van der Waals surface area (Å²) < 4.78 is 5.38. The molecule has 1 fully saturated rings. The number of anilines is 2. The molecule has 0 spiro atoms. The summed E-state index contributed by atoms with van der Waals surface area (Å²) in [5, 5.41) is 3.00. The lowest BCUT2D eigenvalue weighted by molar-refractivity contribution is 0.103. The number of morpholine rings is 1. The minimum absolute atomic E-state index is 0.101. The molecule has 1 aromatic carbocycles. The molecule has 21 heavy (non-hydrogen) atoms. The van der Waals surface area contributed by atoms with E-state index in [0.717, 1.165) is 43.4 Å². The number of rotatable bonds is 3. The fourth-order valence-corrected chi connectivity index (χ4v) is 3.06. The maximum Gasteiger partial charge on any atom is 0.267 e. The Hall–Kier alpha value is -1.92. The fraction of sp³-hybridized carbons (Fsp3) is 0.333. The van der Waals surface area contributed by atoms with E-state index >= 15 is 0 Å². The zero-order chi connectivity index (χ0) is 14.7. The molecule has 0 atom stereocenters. The molecule has 0 saturated carbocycles. The van der Waals surface area contributed by atoms with Crippen molar-refractivity contribution in [1.82, 2.24) is 4.98 Å². The van der Waals surface area contributed by atoms with E-state index in [1.165, 1.54) is 11.3 Å². The predicted molar refractivity (Wildman–Crippen MR) is 84.3 cm³/mol. The van der Waals surface area contributed by atoms with Crippen molar-refractivity contribution in [1.29, 1.82) is 0 Å². The summed E-state index contributed by atoms with van der Waals surface area (Å²) in [6.45, 7) is 4.96. The van der Waals surface area contributed by atoms with Crippen molar-refractivity contribution in [2.75, 3.05) is 36.5 Å². The van der Waals surface area contributed by atoms with E-state index in [1.807, 2.05) is 31.2 Å². The molecule has 2 aromatic rings. The van der Waals surface area contributed by atoms with Crippen molar-refractivity contribution in [3.8, 4) is 0 Å². The highest BCUT2D eigenvalue weighted by molar-refractivity contribution is 7.12. The van der Waals surface area contributed by atoms with Crippen LogP contribution < -0.4 is 10.2 Å². The quantitative estimate of drug-likeness (QED) is 0.947. The number of para-hydroxylation sites is 2. The van der Waals surface area contributed by atoms with Gasteiger partial charge in [-0.1, -0.05) is 12.1 Å². The van der Waals surface area contributed by atoms with E-state index in [9.17, 15) is 4.79 Å². The number of hydrogen-bond donors (Lipinski definition) is 1. The van der Waals surface area contributed by atoms with Crippen molar-refractivity contribution in [3.63, 3.8) is 0 Å². The molecule has 110 valence electrons. The van der Waals surface area contributed by atoms with Crippen LogP contribution in [0.1, 0.15) is 15.4 Å². The SMILES string of the molecule is Cc1ncsc1C(=O)Nc1ccccc1N1CCOCC1. The predicted octanol–water partition coefficient (Wildman–Crippen LogP) is 2.54. The van der Waals surface area contributed by atoms with Gasteiger partial charge in [-0.15, -0.1) is 11.3 Å². The van der Waals surface area contributed by atoms with Crippen LogP contribution >= 0.6 is 11.3 Å². The molecule has 5 nitrogen and oxygen atoms in total. The number of aromatic nitrogens is 1. The van der Waals surface area contributed by atoms with Crippen molar-refractivity contribution < 1.29 is 9.53 Å². The molecule has 3 rings (SSSR count). The second-order valence-corrected chi connectivity index (χ2v) is 5.69. The first-order valence-electron chi connectivity index (χ1n) is 6.89. The molecule has 1 aliphatic rings. The number of benzene rings is 1. The lowest BCUT2D eigenvalue weighted by Crippen LogP contribution is -2.36. The van der Waals surface area contributed by atoms with Gasteiger partial charge in [-0.25, -0.2) is 4.98 Å². The van der Waals surface area contributed by atoms with Gasteiger partial charge in [-0.2, -0.15) is 0 Å². The number of amides is 1. The van der Waals surface area contributed by atoms with E-state index in [2.05, 4.69) is 15.2 Å². The molecule has 1 amide bonds. The Labute approximate surface area is 127 Å². The zero-order valence-electron chi connectivity index (χ0n) is 11.8. The lowest BCUT2D eigenvalue weighted by Gasteiger charge is -2.30. The summed E-state index contributed by atoms with van der Waals surface area (Å²) in [7, 11) is 0. The number of carbonyl (C=O) groups is 1. The average Bonchev–Trinajstić information content (AvgIpc) is 2.95. The Balaban J connectivity index is 1.82. The van der Waals surface area contributed by atoms with Crippen LogP contribution in [0.2, 0.25) is 0 Å². The molecule has 0 unspecified atom stereocenters. The number of aryl methyl sites for hydroxylation is 1. The number of ether oxygens (including phenoxy) is 1. The number of thiazole rings is 1. The van der Waals surface area contributed by atoms with Gasteiger partial charge in [0.15, 0.2) is 0 Å². The molecule has 1 N–H and O–H groups in total. The van der Waals surface area contributed by atoms with Crippen LogP contribution in [0.5, 0.6) is 0 Å². The zero-order valence-corrected chi connectivity index (χ0v) is 12.7. The van der Waals surface area contributed by atoms with Crippen LogP contribution in [0.3, 0.4) is 0 Å². The normalized spacial score (nSPS) is 15.0. The summed E-state index contributed by atoms with van der Waals surface area (Å²) >= 11 is 1.36. The van der Waals surface area contributed by atoms with Gasteiger partial charge >= 0.3 is 0 Å². The standard InChI is InChI=1S/C15H17N3O2S/c1-11-14(21-10-16-11)15(19)17-12-4-2-3-5-13(12)18-6-8-20-9-7-18/h2-5,10H,6-9H2,1H3,(H,17,19). The lowest BCUT2D eigenvalue weighted by atomic mass is 10.2. The Kier molecular flexibility index (Phi) is 4.17. The molecule has 1 saturated heterocycles. The van der Waals surface area contributed by atoms with E-state index < -0.39 is 0 Å². The molecule has 0 bridgehead atoms. The highest BCUT2D eigenvalue weighted by Gasteiger charge is 2.17. The molecule has 0 aliphatic carbocycles. The summed E-state index contributed by atoms with van der Waals surface area (Å²) in [6, 6.07) is 7.87. The van der Waals surface area contributed by atoms with Gasteiger partial charge in [-0.3, -0.25) is 4.79 Å². The van der Waals surface area contributed by atoms with Gasteiger partial charge in [-0.05, 0) is 19.1 Å². The van der Waals surface area contributed by atoms with Gasteiger partial charge in [0.2, 0.25) is 0 Å². The minimum Gasteiger partial charge on any atom is -0.378 e. The summed E-state index contributed by atoms with van der Waals surface area (Å²) in [4.78, 5) is 19.4. The highest BCUT2D eigenvalue weighted by Crippen LogP contribution is 2.27. The molecule has 1 aliphatic heterocycles. The Morgan fingerprint density at radius 2 is 2.10 bits per heavy atom. The number of hydrogen-bond acceptors (Lipinski definition) is 5. The first-order valence-corrected chi connectivity index (χ1v) is 7.77. The number of nitrogens with one attached hydrogen (secondary N) is 1. The van der Waals surface area contributed by atoms with Gasteiger partial charge in [0.1, 0.15) is 4.88 Å². The molecular formula is C15H17N3O2S. The van der Waals surface area contributed by atoms with Crippen molar-refractivity contribution in [3.05, 3.63) is 40.3 Å². The second-order valence-electron chi connectivity index (χ2n) is 4.84. The van der Waals surface area contributed by atoms with Crippen LogP contribution in [-0.2, 0) is 4.74 Å². The average molecular weight is 303 g/mol. The van der Waals surface area contributed by atoms with E-state index in [1.54, 1.807) is 5.51 Å². The van der Waals surface area contributed by atoms with Crippen LogP contribution in [0.15, 0.2) is 29.8 Å². The van der Waals surface area contributed by atoms with Gasteiger partial charge in [0, 0.05) is 13.1 Å².